The Labute approximate surface area is 150 Å². The van der Waals surface area contributed by atoms with E-state index in [2.05, 4.69) is 56.8 Å². The van der Waals surface area contributed by atoms with E-state index in [0.717, 1.165) is 28.2 Å². The molecule has 0 radical (unpaired) electrons. The molecule has 2 rings (SSSR count). The number of aryl methyl sites for hydroxylation is 4. The van der Waals surface area contributed by atoms with Gasteiger partial charge in [0.05, 0.1) is 5.75 Å². The predicted molar refractivity (Wildman–Crippen MR) is 98.9 cm³/mol. The molecule has 1 N–H and O–H groups in total. The molecule has 0 spiro atoms. The van der Waals surface area contributed by atoms with Crippen LogP contribution in [-0.4, -0.2) is 27.8 Å². The monoisotopic (exact) mass is 395 g/mol. The number of hydrogen-bond donors (Lipinski definition) is 1. The second-order valence-electron chi connectivity index (χ2n) is 5.53. The summed E-state index contributed by atoms with van der Waals surface area (Å²) in [6, 6.07) is 4.22. The molecular formula is C17H22BrN3OS. The number of rotatable bonds is 7. The van der Waals surface area contributed by atoms with Crippen LogP contribution in [0.15, 0.2) is 33.9 Å². The van der Waals surface area contributed by atoms with E-state index in [9.17, 15) is 4.79 Å². The van der Waals surface area contributed by atoms with Gasteiger partial charge in [0.2, 0.25) is 5.91 Å². The van der Waals surface area contributed by atoms with Crippen molar-refractivity contribution < 1.29 is 4.79 Å². The molecule has 1 heterocycles. The van der Waals surface area contributed by atoms with Crippen LogP contribution < -0.4 is 5.32 Å². The van der Waals surface area contributed by atoms with Crippen molar-refractivity contribution >= 4 is 33.6 Å². The summed E-state index contributed by atoms with van der Waals surface area (Å²) in [6.07, 6.45) is 4.67. The Balaban J connectivity index is 1.71. The van der Waals surface area contributed by atoms with Crippen LogP contribution in [0.4, 0.5) is 0 Å². The quantitative estimate of drug-likeness (QED) is 0.571. The fourth-order valence-electron chi connectivity index (χ4n) is 2.22. The molecule has 1 amide bonds. The highest BCUT2D eigenvalue weighted by Gasteiger charge is 2.07. The largest absolute Gasteiger partial charge is 0.355 e. The summed E-state index contributed by atoms with van der Waals surface area (Å²) >= 11 is 5.12. The molecule has 124 valence electrons. The van der Waals surface area contributed by atoms with Gasteiger partial charge >= 0.3 is 0 Å². The predicted octanol–water partition coefficient (Wildman–Crippen LogP) is 3.87. The topological polar surface area (TPSA) is 46.9 Å². The maximum absolute atomic E-state index is 11.9. The molecule has 0 aliphatic carbocycles. The Morgan fingerprint density at radius 3 is 2.78 bits per heavy atom. The number of imidazole rings is 1. The molecule has 0 unspecified atom stereocenters. The minimum atomic E-state index is 0.0809. The van der Waals surface area contributed by atoms with E-state index in [1.165, 1.54) is 11.1 Å². The van der Waals surface area contributed by atoms with Crippen molar-refractivity contribution in [3.63, 3.8) is 0 Å². The summed E-state index contributed by atoms with van der Waals surface area (Å²) in [7, 11) is 0. The average Bonchev–Trinajstić information content (AvgIpc) is 2.91. The van der Waals surface area contributed by atoms with Gasteiger partial charge in [-0.05, 0) is 50.5 Å². The molecule has 0 saturated heterocycles. The van der Waals surface area contributed by atoms with Crippen molar-refractivity contribution in [2.75, 3.05) is 12.3 Å². The van der Waals surface area contributed by atoms with Gasteiger partial charge < -0.3 is 9.88 Å². The number of nitrogens with zero attached hydrogens (tertiary/aromatic N) is 2. The average molecular weight is 396 g/mol. The molecule has 4 nitrogen and oxygen atoms in total. The Kier molecular flexibility index (Phi) is 6.72. The number of halogens is 1. The standard InChI is InChI=1S/C17H22BrN3OS/c1-12-10-16(13(2)9-15(12)18)23-11-17(22)20-5-4-7-21-8-6-19-14(21)3/h6,8-10H,4-5,7,11H2,1-3H3,(H,20,22). The minimum Gasteiger partial charge on any atom is -0.355 e. The van der Waals surface area contributed by atoms with Gasteiger partial charge in [-0.2, -0.15) is 0 Å². The van der Waals surface area contributed by atoms with Crippen LogP contribution in [0, 0.1) is 20.8 Å². The van der Waals surface area contributed by atoms with E-state index >= 15 is 0 Å². The number of carbonyl (C=O) groups excluding carboxylic acids is 1. The lowest BCUT2D eigenvalue weighted by molar-refractivity contribution is -0.118. The minimum absolute atomic E-state index is 0.0809. The van der Waals surface area contributed by atoms with Gasteiger partial charge in [0.25, 0.3) is 0 Å². The molecule has 0 aliphatic heterocycles. The summed E-state index contributed by atoms with van der Waals surface area (Å²) in [5, 5.41) is 2.98. The van der Waals surface area contributed by atoms with Crippen LogP contribution in [0.3, 0.4) is 0 Å². The van der Waals surface area contributed by atoms with E-state index in [0.29, 0.717) is 12.3 Å². The van der Waals surface area contributed by atoms with Gasteiger partial charge in [0, 0.05) is 34.9 Å². The second kappa shape index (κ2) is 8.55. The molecule has 2 aromatic rings. The van der Waals surface area contributed by atoms with E-state index in [4.69, 9.17) is 0 Å². The third kappa shape index (κ3) is 5.39. The first-order valence-electron chi connectivity index (χ1n) is 7.61. The second-order valence-corrected chi connectivity index (χ2v) is 7.40. The molecule has 1 aromatic heterocycles. The van der Waals surface area contributed by atoms with Crippen LogP contribution >= 0.6 is 27.7 Å². The zero-order valence-electron chi connectivity index (χ0n) is 13.7. The number of nitrogens with one attached hydrogen (secondary N) is 1. The summed E-state index contributed by atoms with van der Waals surface area (Å²) in [6.45, 7) is 7.68. The Morgan fingerprint density at radius 2 is 2.09 bits per heavy atom. The normalized spacial score (nSPS) is 10.8. The van der Waals surface area contributed by atoms with Crippen LogP contribution in [0.2, 0.25) is 0 Å². The van der Waals surface area contributed by atoms with Gasteiger partial charge in [-0.3, -0.25) is 4.79 Å². The number of hydrogen-bond acceptors (Lipinski definition) is 3. The van der Waals surface area contributed by atoms with Crippen molar-refractivity contribution in [1.29, 1.82) is 0 Å². The number of amides is 1. The smallest absolute Gasteiger partial charge is 0.230 e. The highest BCUT2D eigenvalue weighted by molar-refractivity contribution is 9.10. The Bertz CT molecular complexity index is 684. The molecule has 0 aliphatic rings. The van der Waals surface area contributed by atoms with E-state index < -0.39 is 0 Å². The lowest BCUT2D eigenvalue weighted by atomic mass is 10.2. The number of carbonyl (C=O) groups is 1. The van der Waals surface area contributed by atoms with E-state index in [1.54, 1.807) is 18.0 Å². The lowest BCUT2D eigenvalue weighted by Crippen LogP contribution is -2.26. The first kappa shape index (κ1) is 18.1. The molecule has 0 atom stereocenters. The van der Waals surface area contributed by atoms with Crippen molar-refractivity contribution in [3.05, 3.63) is 46.0 Å². The van der Waals surface area contributed by atoms with Gasteiger partial charge in [0.15, 0.2) is 0 Å². The number of aromatic nitrogens is 2. The highest BCUT2D eigenvalue weighted by Crippen LogP contribution is 2.28. The maximum Gasteiger partial charge on any atom is 0.230 e. The zero-order chi connectivity index (χ0) is 16.8. The molecule has 6 heteroatoms. The molecule has 1 aromatic carbocycles. The Hall–Kier alpha value is -1.27. The summed E-state index contributed by atoms with van der Waals surface area (Å²) in [5.74, 6) is 1.54. The fraction of sp³-hybridized carbons (Fsp3) is 0.412. The molecule has 23 heavy (non-hydrogen) atoms. The zero-order valence-corrected chi connectivity index (χ0v) is 16.1. The van der Waals surface area contributed by atoms with Crippen molar-refractivity contribution in [1.82, 2.24) is 14.9 Å². The third-order valence-electron chi connectivity index (χ3n) is 3.64. The fourth-order valence-corrected chi connectivity index (χ4v) is 3.61. The van der Waals surface area contributed by atoms with E-state index in [1.807, 2.05) is 13.1 Å². The first-order chi connectivity index (χ1) is 11.0. The first-order valence-corrected chi connectivity index (χ1v) is 9.39. The molecule has 0 saturated carbocycles. The number of benzene rings is 1. The highest BCUT2D eigenvalue weighted by atomic mass is 79.9. The van der Waals surface area contributed by atoms with Gasteiger partial charge in [-0.25, -0.2) is 4.98 Å². The van der Waals surface area contributed by atoms with E-state index in [-0.39, 0.29) is 5.91 Å². The third-order valence-corrected chi connectivity index (χ3v) is 5.65. The van der Waals surface area contributed by atoms with Gasteiger partial charge in [-0.1, -0.05) is 15.9 Å². The van der Waals surface area contributed by atoms with Crippen LogP contribution in [0.25, 0.3) is 0 Å². The number of thioether (sulfide) groups is 1. The van der Waals surface area contributed by atoms with Crippen LogP contribution in [-0.2, 0) is 11.3 Å². The molecular weight excluding hydrogens is 374 g/mol. The van der Waals surface area contributed by atoms with Crippen LogP contribution in [0.5, 0.6) is 0 Å². The van der Waals surface area contributed by atoms with Crippen molar-refractivity contribution in [3.8, 4) is 0 Å². The maximum atomic E-state index is 11.9. The summed E-state index contributed by atoms with van der Waals surface area (Å²) in [4.78, 5) is 17.3. The van der Waals surface area contributed by atoms with Crippen molar-refractivity contribution in [2.45, 2.75) is 38.6 Å². The van der Waals surface area contributed by atoms with Crippen molar-refractivity contribution in [2.24, 2.45) is 0 Å². The summed E-state index contributed by atoms with van der Waals surface area (Å²) in [5.41, 5.74) is 2.38. The molecule has 0 fully saturated rings. The SMILES string of the molecule is Cc1cc(SCC(=O)NCCCn2ccnc2C)c(C)cc1Br. The van der Waals surface area contributed by atoms with Crippen LogP contribution in [0.1, 0.15) is 23.4 Å². The molecule has 0 bridgehead atoms. The van der Waals surface area contributed by atoms with Gasteiger partial charge in [0.1, 0.15) is 5.82 Å². The Morgan fingerprint density at radius 1 is 1.30 bits per heavy atom. The summed E-state index contributed by atoms with van der Waals surface area (Å²) < 4.78 is 3.20. The lowest BCUT2D eigenvalue weighted by Gasteiger charge is -2.09. The van der Waals surface area contributed by atoms with Gasteiger partial charge in [-0.15, -0.1) is 11.8 Å².